The minimum absolute atomic E-state index is 0.534. The summed E-state index contributed by atoms with van der Waals surface area (Å²) in [6.07, 6.45) is 0.777. The van der Waals surface area contributed by atoms with Crippen molar-refractivity contribution in [2.45, 2.75) is 0 Å². The van der Waals surface area contributed by atoms with Crippen LogP contribution in [0.2, 0.25) is 0 Å². The summed E-state index contributed by atoms with van der Waals surface area (Å²) in [5.41, 5.74) is 7.40. The monoisotopic (exact) mass is 202 g/mol. The third-order valence-corrected chi connectivity index (χ3v) is 3.06. The largest absolute Gasteiger partial charge is 0.398 e. The van der Waals surface area contributed by atoms with Crippen LogP contribution in [-0.2, 0) is 0 Å². The number of rotatable bonds is 1. The van der Waals surface area contributed by atoms with E-state index in [2.05, 4.69) is 6.07 Å². The number of nitrogen functional groups attached to an aromatic ring is 1. The molecule has 0 saturated heterocycles. The zero-order valence-electron chi connectivity index (χ0n) is 7.15. The zero-order chi connectivity index (χ0) is 10.1. The van der Waals surface area contributed by atoms with Crippen LogP contribution in [0.25, 0.3) is 10.1 Å². The molecular formula is C10H6N2OS. The van der Waals surface area contributed by atoms with Gasteiger partial charge in [-0.15, -0.1) is 11.3 Å². The molecule has 0 radical (unpaired) electrons. The summed E-state index contributed by atoms with van der Waals surface area (Å²) in [5, 5.41) is 11.2. The first kappa shape index (κ1) is 8.73. The molecule has 0 aliphatic carbocycles. The van der Waals surface area contributed by atoms with Crippen molar-refractivity contribution in [3.05, 3.63) is 28.6 Å². The molecule has 1 aromatic heterocycles. The van der Waals surface area contributed by atoms with Crippen molar-refractivity contribution in [1.82, 2.24) is 0 Å². The second kappa shape index (κ2) is 3.13. The summed E-state index contributed by atoms with van der Waals surface area (Å²) in [4.78, 5) is 10.7. The minimum atomic E-state index is 0.534. The van der Waals surface area contributed by atoms with Crippen molar-refractivity contribution in [3.8, 4) is 6.07 Å². The Balaban J connectivity index is 2.95. The van der Waals surface area contributed by atoms with Crippen LogP contribution in [0.15, 0.2) is 17.5 Å². The van der Waals surface area contributed by atoms with Crippen LogP contribution >= 0.6 is 11.3 Å². The van der Waals surface area contributed by atoms with Crippen LogP contribution in [-0.4, -0.2) is 6.29 Å². The maximum absolute atomic E-state index is 10.7. The highest BCUT2D eigenvalue weighted by atomic mass is 32.1. The number of hydrogen-bond donors (Lipinski definition) is 1. The van der Waals surface area contributed by atoms with Crippen LogP contribution < -0.4 is 5.73 Å². The van der Waals surface area contributed by atoms with E-state index < -0.39 is 0 Å². The lowest BCUT2D eigenvalue weighted by atomic mass is 10.1. The van der Waals surface area contributed by atoms with Gasteiger partial charge in [0.25, 0.3) is 0 Å². The van der Waals surface area contributed by atoms with E-state index in [4.69, 9.17) is 11.0 Å². The molecule has 0 fully saturated rings. The Kier molecular flexibility index (Phi) is 1.95. The molecule has 1 aromatic carbocycles. The maximum Gasteiger partial charge on any atom is 0.151 e. The average molecular weight is 202 g/mol. The molecule has 1 heterocycles. The number of carbonyl (C=O) groups is 1. The number of carbonyl (C=O) groups excluding carboxylic acids is 1. The molecule has 0 atom stereocenters. The average Bonchev–Trinajstić information content (AvgIpc) is 2.63. The van der Waals surface area contributed by atoms with E-state index in [1.54, 1.807) is 17.5 Å². The fourth-order valence-corrected chi connectivity index (χ4v) is 2.37. The van der Waals surface area contributed by atoms with Gasteiger partial charge < -0.3 is 5.73 Å². The van der Waals surface area contributed by atoms with Gasteiger partial charge in [0.2, 0.25) is 0 Å². The Morgan fingerprint density at radius 3 is 2.93 bits per heavy atom. The number of nitriles is 1. The van der Waals surface area contributed by atoms with E-state index >= 15 is 0 Å². The number of benzene rings is 1. The van der Waals surface area contributed by atoms with E-state index in [1.165, 1.54) is 11.3 Å². The van der Waals surface area contributed by atoms with Crippen molar-refractivity contribution in [1.29, 1.82) is 5.26 Å². The van der Waals surface area contributed by atoms with Gasteiger partial charge >= 0.3 is 0 Å². The van der Waals surface area contributed by atoms with E-state index in [-0.39, 0.29) is 0 Å². The quantitative estimate of drug-likeness (QED) is 0.569. The number of hydrogen-bond acceptors (Lipinski definition) is 4. The van der Waals surface area contributed by atoms with Gasteiger partial charge in [-0.3, -0.25) is 4.79 Å². The Morgan fingerprint density at radius 1 is 1.50 bits per heavy atom. The molecule has 0 aliphatic heterocycles. The van der Waals surface area contributed by atoms with Gasteiger partial charge in [-0.2, -0.15) is 5.26 Å². The summed E-state index contributed by atoms with van der Waals surface area (Å²) in [6.45, 7) is 0. The fourth-order valence-electron chi connectivity index (χ4n) is 1.37. The highest BCUT2D eigenvalue weighted by Crippen LogP contribution is 2.32. The van der Waals surface area contributed by atoms with Gasteiger partial charge in [-0.1, -0.05) is 0 Å². The first-order valence-corrected chi connectivity index (χ1v) is 4.81. The number of fused-ring (bicyclic) bond motifs is 1. The second-order valence-corrected chi connectivity index (χ2v) is 3.71. The van der Waals surface area contributed by atoms with Crippen LogP contribution in [0, 0.1) is 11.3 Å². The molecule has 2 aromatic rings. The van der Waals surface area contributed by atoms with E-state index in [0.29, 0.717) is 22.2 Å². The first-order chi connectivity index (χ1) is 6.77. The molecule has 68 valence electrons. The Morgan fingerprint density at radius 2 is 2.29 bits per heavy atom. The van der Waals surface area contributed by atoms with Gasteiger partial charge in [0.1, 0.15) is 6.07 Å². The highest BCUT2D eigenvalue weighted by molar-refractivity contribution is 7.18. The molecule has 0 bridgehead atoms. The maximum atomic E-state index is 10.7. The lowest BCUT2D eigenvalue weighted by Gasteiger charge is -1.98. The van der Waals surface area contributed by atoms with Crippen molar-refractivity contribution < 1.29 is 4.79 Å². The van der Waals surface area contributed by atoms with Crippen LogP contribution in [0.3, 0.4) is 0 Å². The van der Waals surface area contributed by atoms with Crippen molar-refractivity contribution in [3.63, 3.8) is 0 Å². The van der Waals surface area contributed by atoms with Gasteiger partial charge in [0.05, 0.1) is 5.56 Å². The summed E-state index contributed by atoms with van der Waals surface area (Å²) in [5.74, 6) is 0. The standard InChI is InChI=1S/C10H6N2OS/c11-3-7-5-14-10-6(4-13)1-2-8(12)9(7)10/h1-2,4-5H,12H2. The summed E-state index contributed by atoms with van der Waals surface area (Å²) in [6, 6.07) is 5.38. The molecule has 0 saturated carbocycles. The van der Waals surface area contributed by atoms with Gasteiger partial charge in [-0.05, 0) is 12.1 Å². The molecule has 14 heavy (non-hydrogen) atoms. The Labute approximate surface area is 84.4 Å². The smallest absolute Gasteiger partial charge is 0.151 e. The highest BCUT2D eigenvalue weighted by Gasteiger charge is 2.10. The molecule has 0 spiro atoms. The number of nitrogens with two attached hydrogens (primary N) is 1. The van der Waals surface area contributed by atoms with Gasteiger partial charge in [0, 0.05) is 26.7 Å². The first-order valence-electron chi connectivity index (χ1n) is 3.93. The molecular weight excluding hydrogens is 196 g/mol. The van der Waals surface area contributed by atoms with E-state index in [0.717, 1.165) is 11.0 Å². The van der Waals surface area contributed by atoms with E-state index in [1.807, 2.05) is 0 Å². The van der Waals surface area contributed by atoms with E-state index in [9.17, 15) is 4.79 Å². The predicted molar refractivity (Wildman–Crippen MR) is 56.3 cm³/mol. The lowest BCUT2D eigenvalue weighted by molar-refractivity contribution is 0.112. The van der Waals surface area contributed by atoms with Gasteiger partial charge in [0.15, 0.2) is 6.29 Å². The van der Waals surface area contributed by atoms with Crippen LogP contribution in [0.5, 0.6) is 0 Å². The molecule has 3 nitrogen and oxygen atoms in total. The minimum Gasteiger partial charge on any atom is -0.398 e. The van der Waals surface area contributed by atoms with Gasteiger partial charge in [-0.25, -0.2) is 0 Å². The normalized spacial score (nSPS) is 9.93. The van der Waals surface area contributed by atoms with Crippen LogP contribution in [0.1, 0.15) is 15.9 Å². The number of anilines is 1. The molecule has 0 aliphatic rings. The molecule has 2 rings (SSSR count). The third-order valence-electron chi connectivity index (χ3n) is 2.03. The fraction of sp³-hybridized carbons (Fsp3) is 0. The molecule has 2 N–H and O–H groups in total. The Bertz CT molecular complexity index is 551. The van der Waals surface area contributed by atoms with Crippen LogP contribution in [0.4, 0.5) is 5.69 Å². The van der Waals surface area contributed by atoms with Crippen molar-refractivity contribution >= 4 is 33.4 Å². The molecule has 0 amide bonds. The SMILES string of the molecule is N#Cc1csc2c(C=O)ccc(N)c12. The Hall–Kier alpha value is -1.86. The summed E-state index contributed by atoms with van der Waals surface area (Å²) >= 11 is 1.37. The summed E-state index contributed by atoms with van der Waals surface area (Å²) < 4.78 is 0.788. The number of nitrogens with zero attached hydrogens (tertiary/aromatic N) is 1. The van der Waals surface area contributed by atoms with Crippen molar-refractivity contribution in [2.75, 3.05) is 5.73 Å². The number of aldehydes is 1. The third kappa shape index (κ3) is 1.07. The lowest BCUT2D eigenvalue weighted by Crippen LogP contribution is -1.89. The summed E-state index contributed by atoms with van der Waals surface area (Å²) in [7, 11) is 0. The topological polar surface area (TPSA) is 66.9 Å². The second-order valence-electron chi connectivity index (χ2n) is 2.83. The molecule has 4 heteroatoms. The molecule has 0 unspecified atom stereocenters. The van der Waals surface area contributed by atoms with Crippen molar-refractivity contribution in [2.24, 2.45) is 0 Å². The predicted octanol–water partition coefficient (Wildman–Crippen LogP) is 2.17. The zero-order valence-corrected chi connectivity index (χ0v) is 7.97. The number of thiophene rings is 1.